The van der Waals surface area contributed by atoms with Gasteiger partial charge in [-0.3, -0.25) is 10.2 Å². The molecule has 10 heteroatoms. The summed E-state index contributed by atoms with van der Waals surface area (Å²) >= 11 is 5.88. The van der Waals surface area contributed by atoms with Gasteiger partial charge in [-0.1, -0.05) is 11.6 Å². The Morgan fingerprint density at radius 1 is 1.33 bits per heavy atom. The lowest BCUT2D eigenvalue weighted by atomic mass is 10.1. The molecule has 0 amide bonds. The van der Waals surface area contributed by atoms with Gasteiger partial charge in [0, 0.05) is 17.8 Å². The third kappa shape index (κ3) is 3.69. The van der Waals surface area contributed by atoms with Crippen molar-refractivity contribution in [3.63, 3.8) is 0 Å². The van der Waals surface area contributed by atoms with Crippen molar-refractivity contribution < 1.29 is 14.0 Å². The quantitative estimate of drug-likeness (QED) is 0.564. The van der Waals surface area contributed by atoms with Crippen LogP contribution in [0.15, 0.2) is 30.6 Å². The van der Waals surface area contributed by atoms with Gasteiger partial charge in [0.05, 0.1) is 29.9 Å². The first-order valence-corrected chi connectivity index (χ1v) is 9.88. The van der Waals surface area contributed by atoms with Crippen LogP contribution < -0.4 is 20.9 Å². The molecule has 0 saturated carbocycles. The fraction of sp³-hybridized carbons (Fsp3) is 0.400. The van der Waals surface area contributed by atoms with Crippen LogP contribution in [0.3, 0.4) is 0 Å². The lowest BCUT2D eigenvalue weighted by Gasteiger charge is -2.24. The Morgan fingerprint density at radius 3 is 2.77 bits per heavy atom. The van der Waals surface area contributed by atoms with Crippen LogP contribution >= 0.6 is 11.6 Å². The molecule has 0 bridgehead atoms. The summed E-state index contributed by atoms with van der Waals surface area (Å²) in [5.74, 6) is 0.603. The molecule has 2 atom stereocenters. The molecule has 4 rings (SSSR count). The molecule has 1 aliphatic rings. The number of aromatic nitrogens is 3. The molecule has 1 unspecified atom stereocenters. The van der Waals surface area contributed by atoms with E-state index in [1.54, 1.807) is 16.8 Å². The summed E-state index contributed by atoms with van der Waals surface area (Å²) in [6.07, 6.45) is 3.56. The second-order valence-corrected chi connectivity index (χ2v) is 8.39. The first-order chi connectivity index (χ1) is 14.1. The number of halogens is 2. The molecule has 160 valence electrons. The topological polar surface area (TPSA) is 84.7 Å². The Kier molecular flexibility index (Phi) is 5.09. The van der Waals surface area contributed by atoms with Gasteiger partial charge in [0.25, 0.3) is 0 Å². The molecule has 8 nitrogen and oxygen atoms in total. The number of nitrogens with one attached hydrogen (secondary N) is 3. The molecule has 2 aromatic heterocycles. The van der Waals surface area contributed by atoms with E-state index >= 15 is 0 Å². The van der Waals surface area contributed by atoms with Gasteiger partial charge in [-0.2, -0.15) is 10.6 Å². The minimum atomic E-state index is -0.662. The Bertz CT molecular complexity index is 1100. The van der Waals surface area contributed by atoms with Crippen LogP contribution in [0.1, 0.15) is 44.9 Å². The largest absolute Gasteiger partial charge is 0.496 e. The Hall–Kier alpha value is -2.46. The van der Waals surface area contributed by atoms with Crippen LogP contribution in [0.2, 0.25) is 5.02 Å². The van der Waals surface area contributed by atoms with Crippen molar-refractivity contribution in [2.75, 3.05) is 12.4 Å². The molecular weight excluding hydrogens is 411 g/mol. The molecule has 3 N–H and O–H groups in total. The van der Waals surface area contributed by atoms with Crippen LogP contribution in [0.25, 0.3) is 5.65 Å². The van der Waals surface area contributed by atoms with Crippen LogP contribution in [0.4, 0.5) is 10.2 Å². The maximum absolute atomic E-state index is 14.0. The smallest absolute Gasteiger partial charge is 0.163 e. The van der Waals surface area contributed by atoms with Crippen LogP contribution in [-0.2, 0) is 10.5 Å². The number of benzene rings is 1. The third-order valence-corrected chi connectivity index (χ3v) is 5.36. The molecule has 0 aliphatic carbocycles. The van der Waals surface area contributed by atoms with Crippen molar-refractivity contribution in [1.29, 1.82) is 0 Å². The fourth-order valence-corrected chi connectivity index (χ4v) is 3.82. The summed E-state index contributed by atoms with van der Waals surface area (Å²) in [5.41, 5.74) is 3.96. The standard InChI is InChI=1S/C20H24ClFN6O2/c1-11(12-8-15(22)14(21)9-16(12)29-5)24-17-6-7-28-18(25-17)13(10-23-28)20(4)26-19(2,3)30-27-20/h6-11,26-27H,1-5H3,(H,24,25)/t11-,20?/m0/s1. The van der Waals surface area contributed by atoms with E-state index in [0.717, 1.165) is 5.56 Å². The minimum Gasteiger partial charge on any atom is -0.496 e. The zero-order valence-electron chi connectivity index (χ0n) is 17.4. The molecule has 1 fully saturated rings. The lowest BCUT2D eigenvalue weighted by Crippen LogP contribution is -2.47. The number of fused-ring (bicyclic) bond motifs is 1. The van der Waals surface area contributed by atoms with Crippen LogP contribution in [0.5, 0.6) is 5.75 Å². The van der Waals surface area contributed by atoms with Crippen molar-refractivity contribution in [1.82, 2.24) is 25.4 Å². The molecular formula is C20H24ClFN6O2. The maximum Gasteiger partial charge on any atom is 0.163 e. The van der Waals surface area contributed by atoms with Crippen molar-refractivity contribution in [3.05, 3.63) is 52.6 Å². The highest BCUT2D eigenvalue weighted by molar-refractivity contribution is 6.30. The van der Waals surface area contributed by atoms with Gasteiger partial charge in [-0.25, -0.2) is 13.9 Å². The van der Waals surface area contributed by atoms with Gasteiger partial charge < -0.3 is 10.1 Å². The predicted octanol–water partition coefficient (Wildman–Crippen LogP) is 3.74. The molecule has 3 heterocycles. The molecule has 1 aliphatic heterocycles. The van der Waals surface area contributed by atoms with E-state index in [1.165, 1.54) is 19.2 Å². The number of hydrogen-bond donors (Lipinski definition) is 3. The molecule has 0 spiro atoms. The number of anilines is 1. The maximum atomic E-state index is 14.0. The van der Waals surface area contributed by atoms with E-state index in [1.807, 2.05) is 33.9 Å². The SMILES string of the molecule is COc1cc(Cl)c(F)cc1[C@H](C)Nc1ccn2ncc(C3(C)NOC(C)(C)N3)c2n1. The number of methoxy groups -OCH3 is 1. The highest BCUT2D eigenvalue weighted by Crippen LogP contribution is 2.33. The number of rotatable bonds is 5. The van der Waals surface area contributed by atoms with E-state index in [4.69, 9.17) is 26.2 Å². The number of ether oxygens (including phenoxy) is 1. The summed E-state index contributed by atoms with van der Waals surface area (Å²) in [7, 11) is 1.52. The highest BCUT2D eigenvalue weighted by Gasteiger charge is 2.43. The van der Waals surface area contributed by atoms with E-state index in [-0.39, 0.29) is 11.1 Å². The van der Waals surface area contributed by atoms with Gasteiger partial charge >= 0.3 is 0 Å². The summed E-state index contributed by atoms with van der Waals surface area (Å²) in [6, 6.07) is 4.36. The van der Waals surface area contributed by atoms with Gasteiger partial charge in [-0.05, 0) is 39.8 Å². The average Bonchev–Trinajstić information content (AvgIpc) is 3.24. The molecule has 1 aromatic carbocycles. The summed E-state index contributed by atoms with van der Waals surface area (Å²) < 4.78 is 21.1. The zero-order valence-corrected chi connectivity index (χ0v) is 18.1. The molecule has 1 saturated heterocycles. The van der Waals surface area contributed by atoms with Gasteiger partial charge in [0.15, 0.2) is 5.65 Å². The van der Waals surface area contributed by atoms with Gasteiger partial charge in [0.2, 0.25) is 0 Å². The summed E-state index contributed by atoms with van der Waals surface area (Å²) in [4.78, 5) is 10.4. The fourth-order valence-electron chi connectivity index (χ4n) is 3.67. The van der Waals surface area contributed by atoms with E-state index in [0.29, 0.717) is 22.8 Å². The highest BCUT2D eigenvalue weighted by atomic mass is 35.5. The Balaban J connectivity index is 1.66. The number of hydrogen-bond acceptors (Lipinski definition) is 7. The Morgan fingerprint density at radius 2 is 2.10 bits per heavy atom. The molecule has 3 aromatic rings. The van der Waals surface area contributed by atoms with Crippen molar-refractivity contribution in [2.24, 2.45) is 0 Å². The average molecular weight is 435 g/mol. The second kappa shape index (κ2) is 7.35. The number of nitrogens with zero attached hydrogens (tertiary/aromatic N) is 3. The monoisotopic (exact) mass is 434 g/mol. The van der Waals surface area contributed by atoms with Crippen LogP contribution in [-0.4, -0.2) is 27.4 Å². The third-order valence-electron chi connectivity index (χ3n) is 5.07. The zero-order chi connectivity index (χ0) is 21.7. The van der Waals surface area contributed by atoms with E-state index in [2.05, 4.69) is 21.2 Å². The van der Waals surface area contributed by atoms with Crippen molar-refractivity contribution >= 4 is 23.1 Å². The first-order valence-electron chi connectivity index (χ1n) is 9.51. The normalized spacial score (nSPS) is 21.7. The minimum absolute atomic E-state index is 0.0150. The predicted molar refractivity (Wildman–Crippen MR) is 112 cm³/mol. The van der Waals surface area contributed by atoms with E-state index in [9.17, 15) is 4.39 Å². The first kappa shape index (κ1) is 20.8. The summed E-state index contributed by atoms with van der Waals surface area (Å²) in [5, 5.41) is 11.1. The molecule has 30 heavy (non-hydrogen) atoms. The van der Waals surface area contributed by atoms with Gasteiger partial charge in [-0.15, -0.1) is 0 Å². The summed E-state index contributed by atoms with van der Waals surface area (Å²) in [6.45, 7) is 7.71. The molecule has 0 radical (unpaired) electrons. The number of hydroxylamine groups is 1. The van der Waals surface area contributed by atoms with Gasteiger partial charge in [0.1, 0.15) is 28.8 Å². The van der Waals surface area contributed by atoms with Crippen LogP contribution in [0, 0.1) is 5.82 Å². The van der Waals surface area contributed by atoms with Crippen molar-refractivity contribution in [3.8, 4) is 5.75 Å². The Labute approximate surface area is 178 Å². The van der Waals surface area contributed by atoms with E-state index < -0.39 is 17.2 Å². The lowest BCUT2D eigenvalue weighted by molar-refractivity contribution is -0.0433. The van der Waals surface area contributed by atoms with Crippen molar-refractivity contribution in [2.45, 2.75) is 45.1 Å². The second-order valence-electron chi connectivity index (χ2n) is 7.98.